The van der Waals surface area contributed by atoms with Crippen LogP contribution >= 0.6 is 0 Å². The molecule has 4 fully saturated rings. The van der Waals surface area contributed by atoms with Crippen LogP contribution in [0.15, 0.2) is 0 Å². The van der Waals surface area contributed by atoms with Crippen LogP contribution in [0, 0.1) is 41.4 Å². The predicted molar refractivity (Wildman–Crippen MR) is 137 cm³/mol. The summed E-state index contributed by atoms with van der Waals surface area (Å²) in [4.78, 5) is 0. The molecule has 0 spiro atoms. The highest BCUT2D eigenvalue weighted by Gasteiger charge is 2.17. The molecule has 4 aliphatic rings. The average Bonchev–Trinajstić information content (AvgIpc) is 2.77. The predicted octanol–water partition coefficient (Wildman–Crippen LogP) is 8.78. The van der Waals surface area contributed by atoms with E-state index in [0.717, 1.165) is 67.9 Å². The van der Waals surface area contributed by atoms with Crippen molar-refractivity contribution >= 4 is 0 Å². The molecule has 2 heterocycles. The van der Waals surface area contributed by atoms with Crippen molar-refractivity contribution in [3.05, 3.63) is 0 Å². The van der Waals surface area contributed by atoms with E-state index in [1.807, 2.05) is 0 Å². The van der Waals surface area contributed by atoms with Crippen LogP contribution < -0.4 is 0 Å². The third kappa shape index (κ3) is 13.9. The van der Waals surface area contributed by atoms with Gasteiger partial charge in [-0.3, -0.25) is 0 Å². The zero-order chi connectivity index (χ0) is 23.1. The summed E-state index contributed by atoms with van der Waals surface area (Å²) in [5.41, 5.74) is 0. The summed E-state index contributed by atoms with van der Waals surface area (Å²) in [6.45, 7) is 20.1. The zero-order valence-corrected chi connectivity index (χ0v) is 22.5. The largest absolute Gasteiger partial charge is 0.381 e. The molecule has 2 nitrogen and oxygen atoms in total. The summed E-state index contributed by atoms with van der Waals surface area (Å²) in [5.74, 6) is 6.36. The Morgan fingerprint density at radius 3 is 0.968 bits per heavy atom. The Balaban J connectivity index is 0.000000207. The summed E-state index contributed by atoms with van der Waals surface area (Å²) in [6, 6.07) is 0. The van der Waals surface area contributed by atoms with Crippen LogP contribution in [0.5, 0.6) is 0 Å². The molecule has 0 radical (unpaired) electrons. The van der Waals surface area contributed by atoms with Crippen molar-refractivity contribution in [1.29, 1.82) is 0 Å². The van der Waals surface area contributed by atoms with E-state index in [1.54, 1.807) is 0 Å². The van der Waals surface area contributed by atoms with E-state index in [2.05, 4.69) is 48.5 Å². The van der Waals surface area contributed by atoms with Crippen LogP contribution in [0.1, 0.15) is 119 Å². The van der Waals surface area contributed by atoms with Crippen molar-refractivity contribution in [2.45, 2.75) is 119 Å². The van der Waals surface area contributed by atoms with Crippen molar-refractivity contribution < 1.29 is 9.47 Å². The first-order valence-corrected chi connectivity index (χ1v) is 14.0. The molecular weight excluding hydrogens is 380 g/mol. The third-order valence-corrected chi connectivity index (χ3v) is 8.57. The highest BCUT2D eigenvalue weighted by atomic mass is 16.5. The topological polar surface area (TPSA) is 18.5 Å². The molecule has 2 aliphatic carbocycles. The second kappa shape index (κ2) is 17.4. The van der Waals surface area contributed by atoms with Crippen molar-refractivity contribution in [3.63, 3.8) is 0 Å². The summed E-state index contributed by atoms with van der Waals surface area (Å²) >= 11 is 0. The van der Waals surface area contributed by atoms with Crippen molar-refractivity contribution in [1.82, 2.24) is 0 Å². The highest BCUT2D eigenvalue weighted by molar-refractivity contribution is 4.67. The molecule has 6 atom stereocenters. The van der Waals surface area contributed by atoms with Gasteiger partial charge < -0.3 is 9.47 Å². The summed E-state index contributed by atoms with van der Waals surface area (Å²) in [6.07, 6.45) is 15.8. The monoisotopic (exact) mass is 438 g/mol. The van der Waals surface area contributed by atoms with E-state index in [9.17, 15) is 0 Å². The van der Waals surface area contributed by atoms with Crippen LogP contribution in [-0.2, 0) is 9.47 Å². The molecule has 0 bridgehead atoms. The smallest absolute Gasteiger partial charge is 0.0494 e. The fourth-order valence-corrected chi connectivity index (χ4v) is 4.78. The molecule has 2 saturated heterocycles. The Morgan fingerprint density at radius 2 is 0.742 bits per heavy atom. The van der Waals surface area contributed by atoms with Crippen LogP contribution in [0.2, 0.25) is 0 Å². The molecule has 0 aromatic heterocycles. The van der Waals surface area contributed by atoms with Gasteiger partial charge in [0.1, 0.15) is 0 Å². The fraction of sp³-hybridized carbons (Fsp3) is 1.00. The molecule has 3 unspecified atom stereocenters. The normalized spacial score (nSPS) is 36.5. The van der Waals surface area contributed by atoms with E-state index in [0.29, 0.717) is 0 Å². The number of rotatable bonds is 0. The average molecular weight is 439 g/mol. The summed E-state index contributed by atoms with van der Waals surface area (Å²) < 4.78 is 10.5. The molecule has 0 N–H and O–H groups in total. The fourth-order valence-electron chi connectivity index (χ4n) is 4.78. The summed E-state index contributed by atoms with van der Waals surface area (Å²) in [7, 11) is 0. The molecule has 0 aromatic rings. The Bertz CT molecular complexity index is 326. The first kappa shape index (κ1) is 29.0. The van der Waals surface area contributed by atoms with Gasteiger partial charge in [0.25, 0.3) is 0 Å². The molecule has 0 aromatic carbocycles. The van der Waals surface area contributed by atoms with Crippen LogP contribution in [0.25, 0.3) is 0 Å². The van der Waals surface area contributed by atoms with Crippen molar-refractivity contribution in [2.75, 3.05) is 26.4 Å². The standard InChI is InChI=1S/C8H16.2C7H14O.C7H14/c1-7-5-3-4-6-8(7)2;2*1-6-3-4-8-5-7(6)2;1-7-5-3-2-4-6-7/h7-8H,3-6H2,1-2H3;2*6-7H,3-5H2,1-2H3;7H,2-6H2,1H3/t7-,8?;2*6-,7?;/m000./s1. The van der Waals surface area contributed by atoms with Crippen LogP contribution in [-0.4, -0.2) is 26.4 Å². The van der Waals surface area contributed by atoms with Gasteiger partial charge in [-0.15, -0.1) is 0 Å². The lowest BCUT2D eigenvalue weighted by atomic mass is 9.82. The van der Waals surface area contributed by atoms with Gasteiger partial charge in [0.2, 0.25) is 0 Å². The number of ether oxygens (including phenoxy) is 2. The molecule has 2 heteroatoms. The van der Waals surface area contributed by atoms with E-state index >= 15 is 0 Å². The summed E-state index contributed by atoms with van der Waals surface area (Å²) in [5, 5.41) is 0. The van der Waals surface area contributed by atoms with E-state index in [-0.39, 0.29) is 0 Å². The maximum atomic E-state index is 5.25. The van der Waals surface area contributed by atoms with Crippen LogP contribution in [0.4, 0.5) is 0 Å². The first-order chi connectivity index (χ1) is 14.8. The van der Waals surface area contributed by atoms with Gasteiger partial charge in [-0.05, 0) is 54.3 Å². The third-order valence-electron chi connectivity index (χ3n) is 8.57. The molecule has 31 heavy (non-hydrogen) atoms. The Morgan fingerprint density at radius 1 is 0.387 bits per heavy atom. The van der Waals surface area contributed by atoms with Crippen molar-refractivity contribution in [3.8, 4) is 0 Å². The van der Waals surface area contributed by atoms with Crippen molar-refractivity contribution in [2.24, 2.45) is 41.4 Å². The Hall–Kier alpha value is -0.0800. The van der Waals surface area contributed by atoms with E-state index in [1.165, 1.54) is 70.6 Å². The molecule has 0 amide bonds. The Kier molecular flexibility index (Phi) is 16.3. The minimum absolute atomic E-state index is 0.781. The quantitative estimate of drug-likeness (QED) is 0.376. The molecular formula is C29H58O2. The van der Waals surface area contributed by atoms with Gasteiger partial charge in [-0.25, -0.2) is 0 Å². The van der Waals surface area contributed by atoms with Gasteiger partial charge in [0.15, 0.2) is 0 Å². The minimum Gasteiger partial charge on any atom is -0.381 e. The minimum atomic E-state index is 0.781. The Labute approximate surface area is 196 Å². The lowest BCUT2D eigenvalue weighted by Gasteiger charge is -2.24. The van der Waals surface area contributed by atoms with Gasteiger partial charge in [-0.1, -0.05) is 106 Å². The van der Waals surface area contributed by atoms with Gasteiger partial charge in [-0.2, -0.15) is 0 Å². The molecule has 2 saturated carbocycles. The SMILES string of the molecule is CC1CCCCC1.CC1CCCC[C@@H]1C.CC1COCC[C@@H]1C.CC1COCC[C@@H]1C. The maximum Gasteiger partial charge on any atom is 0.0494 e. The second-order valence-electron chi connectivity index (χ2n) is 11.6. The molecule has 4 rings (SSSR count). The van der Waals surface area contributed by atoms with Gasteiger partial charge >= 0.3 is 0 Å². The van der Waals surface area contributed by atoms with Gasteiger partial charge in [0, 0.05) is 26.4 Å². The number of hydrogen-bond donors (Lipinski definition) is 0. The van der Waals surface area contributed by atoms with E-state index < -0.39 is 0 Å². The second-order valence-corrected chi connectivity index (χ2v) is 11.6. The zero-order valence-electron chi connectivity index (χ0n) is 22.5. The molecule has 2 aliphatic heterocycles. The highest BCUT2D eigenvalue weighted by Crippen LogP contribution is 2.28. The first-order valence-electron chi connectivity index (χ1n) is 14.0. The molecule has 186 valence electrons. The maximum absolute atomic E-state index is 5.25. The lowest BCUT2D eigenvalue weighted by Crippen LogP contribution is -2.22. The lowest BCUT2D eigenvalue weighted by molar-refractivity contribution is 0.0302. The number of hydrogen-bond acceptors (Lipinski definition) is 2. The van der Waals surface area contributed by atoms with E-state index in [4.69, 9.17) is 9.47 Å². The van der Waals surface area contributed by atoms with Gasteiger partial charge in [0.05, 0.1) is 0 Å². The van der Waals surface area contributed by atoms with Crippen LogP contribution in [0.3, 0.4) is 0 Å².